The number of methoxy groups -OCH3 is 1. The molecular formula is C25H30ClFN6O2. The fourth-order valence-electron chi connectivity index (χ4n) is 5.46. The normalized spacial score (nSPS) is 27.5. The van der Waals surface area contributed by atoms with Crippen molar-refractivity contribution >= 4 is 34.1 Å². The van der Waals surface area contributed by atoms with Crippen molar-refractivity contribution in [3.05, 3.63) is 40.8 Å². The Morgan fingerprint density at radius 1 is 1.20 bits per heavy atom. The number of hydrogen-bond acceptors (Lipinski definition) is 7. The third kappa shape index (κ3) is 4.39. The largest absolute Gasteiger partial charge is 0.377 e. The molecule has 0 bridgehead atoms. The average molecular weight is 501 g/mol. The number of anilines is 2. The van der Waals surface area contributed by atoms with Gasteiger partial charge < -0.3 is 14.8 Å². The second-order valence-corrected chi connectivity index (χ2v) is 10.3. The number of alkyl halides is 1. The zero-order valence-electron chi connectivity index (χ0n) is 20.0. The molecule has 10 heteroatoms. The van der Waals surface area contributed by atoms with E-state index in [0.29, 0.717) is 42.6 Å². The molecule has 2 aliphatic heterocycles. The molecule has 1 saturated carbocycles. The van der Waals surface area contributed by atoms with Crippen molar-refractivity contribution < 1.29 is 13.9 Å². The fourth-order valence-corrected chi connectivity index (χ4v) is 5.74. The van der Waals surface area contributed by atoms with Crippen molar-refractivity contribution in [3.8, 4) is 0 Å². The Morgan fingerprint density at radius 2 is 2.06 bits per heavy atom. The highest BCUT2D eigenvalue weighted by molar-refractivity contribution is 6.32. The molecule has 3 fully saturated rings. The van der Waals surface area contributed by atoms with Crippen molar-refractivity contribution in [2.24, 2.45) is 0 Å². The predicted octanol–water partition coefficient (Wildman–Crippen LogP) is 4.41. The van der Waals surface area contributed by atoms with E-state index in [0.717, 1.165) is 47.8 Å². The van der Waals surface area contributed by atoms with Gasteiger partial charge in [0.25, 0.3) is 0 Å². The number of benzene rings is 1. The SMILES string of the molecule is COC1COCC1N1CCC(c2cc3nc(Nc4cnn(C5CC5)c4Cl)ncc3cc2C)C(F)C1. The van der Waals surface area contributed by atoms with Crippen molar-refractivity contribution in [1.29, 1.82) is 0 Å². The molecule has 6 rings (SSSR count). The summed E-state index contributed by atoms with van der Waals surface area (Å²) in [7, 11) is 1.70. The van der Waals surface area contributed by atoms with E-state index in [1.165, 1.54) is 0 Å². The number of likely N-dealkylation sites (tertiary alicyclic amines) is 1. The maximum absolute atomic E-state index is 15.5. The summed E-state index contributed by atoms with van der Waals surface area (Å²) < 4.78 is 28.5. The number of nitrogens with one attached hydrogen (secondary N) is 1. The van der Waals surface area contributed by atoms with Gasteiger partial charge in [0.2, 0.25) is 5.95 Å². The van der Waals surface area contributed by atoms with E-state index >= 15 is 4.39 Å². The van der Waals surface area contributed by atoms with E-state index in [9.17, 15) is 0 Å². The van der Waals surface area contributed by atoms with Crippen LogP contribution in [0.2, 0.25) is 5.15 Å². The highest BCUT2D eigenvalue weighted by Gasteiger charge is 2.39. The topological polar surface area (TPSA) is 77.3 Å². The first-order valence-electron chi connectivity index (χ1n) is 12.3. The molecule has 35 heavy (non-hydrogen) atoms. The molecule has 4 atom stereocenters. The summed E-state index contributed by atoms with van der Waals surface area (Å²) >= 11 is 6.49. The number of fused-ring (bicyclic) bond motifs is 1. The summed E-state index contributed by atoms with van der Waals surface area (Å²) in [6.45, 7) is 4.41. The number of piperidine rings is 1. The zero-order valence-corrected chi connectivity index (χ0v) is 20.7. The lowest BCUT2D eigenvalue weighted by Gasteiger charge is -2.39. The van der Waals surface area contributed by atoms with E-state index in [4.69, 9.17) is 26.1 Å². The second kappa shape index (κ2) is 9.28. The van der Waals surface area contributed by atoms with Crippen molar-refractivity contribution in [2.45, 2.75) is 56.5 Å². The summed E-state index contributed by atoms with van der Waals surface area (Å²) in [6, 6.07) is 4.59. The zero-order chi connectivity index (χ0) is 24.1. The van der Waals surface area contributed by atoms with Crippen LogP contribution in [0, 0.1) is 6.92 Å². The number of aryl methyl sites for hydroxylation is 1. The van der Waals surface area contributed by atoms with Gasteiger partial charge in [-0.25, -0.2) is 19.0 Å². The average Bonchev–Trinajstić information content (AvgIpc) is 3.47. The van der Waals surface area contributed by atoms with Crippen molar-refractivity contribution in [3.63, 3.8) is 0 Å². The standard InChI is InChI=1S/C25H30ClFN6O2/c1-14-7-15-9-28-25(31-21-10-29-33(24(21)26)16-3-4-16)30-20(15)8-18(14)17-5-6-32(11-19(17)27)22-12-35-13-23(22)34-2/h7-10,16-17,19,22-23H,3-6,11-13H2,1-2H3,(H,28,30,31). The fraction of sp³-hybridized carbons (Fsp3) is 0.560. The lowest BCUT2D eigenvalue weighted by atomic mass is 9.84. The van der Waals surface area contributed by atoms with Crippen molar-refractivity contribution in [2.75, 3.05) is 38.7 Å². The van der Waals surface area contributed by atoms with Gasteiger partial charge >= 0.3 is 0 Å². The van der Waals surface area contributed by atoms with Crippen LogP contribution in [0.4, 0.5) is 16.0 Å². The number of halogens is 2. The third-order valence-electron chi connectivity index (χ3n) is 7.59. The van der Waals surface area contributed by atoms with Crippen LogP contribution in [0.1, 0.15) is 42.3 Å². The van der Waals surface area contributed by atoms with Crippen molar-refractivity contribution in [1.82, 2.24) is 24.6 Å². The Bertz CT molecular complexity index is 1230. The lowest BCUT2D eigenvalue weighted by Crippen LogP contribution is -2.51. The molecule has 0 radical (unpaired) electrons. The number of rotatable bonds is 6. The molecule has 1 N–H and O–H groups in total. The van der Waals surface area contributed by atoms with Crippen LogP contribution in [0.15, 0.2) is 24.5 Å². The van der Waals surface area contributed by atoms with Gasteiger partial charge in [-0.05, 0) is 56.0 Å². The van der Waals surface area contributed by atoms with Crippen LogP contribution in [-0.4, -0.2) is 76.4 Å². The molecule has 1 aliphatic carbocycles. The molecule has 1 aromatic carbocycles. The maximum atomic E-state index is 15.5. The summed E-state index contributed by atoms with van der Waals surface area (Å²) in [5.74, 6) is 0.277. The first-order valence-corrected chi connectivity index (χ1v) is 12.7. The van der Waals surface area contributed by atoms with Gasteiger partial charge in [0.1, 0.15) is 6.17 Å². The van der Waals surface area contributed by atoms with E-state index in [1.54, 1.807) is 19.5 Å². The summed E-state index contributed by atoms with van der Waals surface area (Å²) in [6.07, 6.45) is 5.49. The summed E-state index contributed by atoms with van der Waals surface area (Å²) in [4.78, 5) is 11.4. The minimum atomic E-state index is -0.968. The minimum Gasteiger partial charge on any atom is -0.377 e. The third-order valence-corrected chi connectivity index (χ3v) is 7.96. The van der Waals surface area contributed by atoms with Gasteiger partial charge in [-0.2, -0.15) is 5.10 Å². The highest BCUT2D eigenvalue weighted by Crippen LogP contribution is 2.39. The Kier molecular flexibility index (Phi) is 6.12. The lowest BCUT2D eigenvalue weighted by molar-refractivity contribution is 0.0132. The first-order chi connectivity index (χ1) is 17.0. The van der Waals surface area contributed by atoms with Crippen LogP contribution >= 0.6 is 11.6 Å². The molecule has 186 valence electrons. The van der Waals surface area contributed by atoms with Gasteiger partial charge in [0.05, 0.1) is 48.8 Å². The Hall–Kier alpha value is -2.33. The monoisotopic (exact) mass is 500 g/mol. The highest BCUT2D eigenvalue weighted by atomic mass is 35.5. The molecule has 2 aromatic heterocycles. The minimum absolute atomic E-state index is 0.00802. The molecule has 4 unspecified atom stereocenters. The van der Waals surface area contributed by atoms with Gasteiger partial charge in [-0.15, -0.1) is 0 Å². The smallest absolute Gasteiger partial charge is 0.227 e. The van der Waals surface area contributed by atoms with Gasteiger partial charge in [0, 0.05) is 31.2 Å². The van der Waals surface area contributed by atoms with Gasteiger partial charge in [0.15, 0.2) is 5.15 Å². The van der Waals surface area contributed by atoms with Crippen LogP contribution in [0.25, 0.3) is 10.9 Å². The molecule has 3 aliphatic rings. The van der Waals surface area contributed by atoms with Gasteiger partial charge in [-0.3, -0.25) is 4.90 Å². The molecule has 0 amide bonds. The molecule has 8 nitrogen and oxygen atoms in total. The summed E-state index contributed by atoms with van der Waals surface area (Å²) in [5, 5.41) is 9.07. The van der Waals surface area contributed by atoms with Crippen LogP contribution in [-0.2, 0) is 9.47 Å². The number of hydrogen-bond donors (Lipinski definition) is 1. The first kappa shape index (κ1) is 23.1. The number of aromatic nitrogens is 4. The Morgan fingerprint density at radius 3 is 2.83 bits per heavy atom. The quantitative estimate of drug-likeness (QED) is 0.537. The van der Waals surface area contributed by atoms with Crippen LogP contribution in [0.3, 0.4) is 0 Å². The number of nitrogens with zero attached hydrogens (tertiary/aromatic N) is 5. The van der Waals surface area contributed by atoms with Gasteiger partial charge in [-0.1, -0.05) is 11.6 Å². The molecule has 4 heterocycles. The molecule has 3 aromatic rings. The van der Waals surface area contributed by atoms with Crippen LogP contribution in [0.5, 0.6) is 0 Å². The van der Waals surface area contributed by atoms with E-state index in [-0.39, 0.29) is 18.1 Å². The molecule has 0 spiro atoms. The Balaban J connectivity index is 1.22. The Labute approximate surface area is 208 Å². The summed E-state index contributed by atoms with van der Waals surface area (Å²) in [5.41, 5.74) is 3.55. The van der Waals surface area contributed by atoms with Crippen LogP contribution < -0.4 is 5.32 Å². The molecular weight excluding hydrogens is 471 g/mol. The number of ether oxygens (including phenoxy) is 2. The molecule has 2 saturated heterocycles. The van der Waals surface area contributed by atoms with E-state index < -0.39 is 6.17 Å². The van der Waals surface area contributed by atoms with E-state index in [1.807, 2.05) is 17.7 Å². The predicted molar refractivity (Wildman–Crippen MR) is 132 cm³/mol. The second-order valence-electron chi connectivity index (χ2n) is 9.90. The maximum Gasteiger partial charge on any atom is 0.227 e. The van der Waals surface area contributed by atoms with E-state index in [2.05, 4.69) is 26.4 Å².